The van der Waals surface area contributed by atoms with E-state index < -0.39 is 0 Å². The van der Waals surface area contributed by atoms with Crippen molar-refractivity contribution in [3.63, 3.8) is 0 Å². The maximum Gasteiger partial charge on any atom is 0.139 e. The molecular formula is C11H16ClN3O. The standard InChI is InChI=1S/C11H16ClN3O/c1-11(2,10(13)14)3-4-16-9-5-8(12)6-15-7-9/h5-7H,3-4H2,1-2H3,(H3,13,14). The Morgan fingerprint density at radius 1 is 1.56 bits per heavy atom. The third-order valence-electron chi connectivity index (χ3n) is 2.40. The molecule has 1 rings (SSSR count). The Hall–Kier alpha value is -1.29. The summed E-state index contributed by atoms with van der Waals surface area (Å²) in [6.45, 7) is 4.30. The molecule has 0 aromatic carbocycles. The molecule has 0 aliphatic carbocycles. The molecule has 3 N–H and O–H groups in total. The number of aromatic nitrogens is 1. The topological polar surface area (TPSA) is 72.0 Å². The van der Waals surface area contributed by atoms with Gasteiger partial charge in [-0.2, -0.15) is 0 Å². The smallest absolute Gasteiger partial charge is 0.139 e. The third-order valence-corrected chi connectivity index (χ3v) is 2.61. The Balaban J connectivity index is 2.45. The fourth-order valence-corrected chi connectivity index (χ4v) is 1.19. The van der Waals surface area contributed by atoms with Gasteiger partial charge in [0.1, 0.15) is 5.75 Å². The molecule has 0 saturated heterocycles. The van der Waals surface area contributed by atoms with E-state index in [4.69, 9.17) is 27.5 Å². The number of nitrogens with zero attached hydrogens (tertiary/aromatic N) is 1. The van der Waals surface area contributed by atoms with Gasteiger partial charge in [0.05, 0.1) is 23.7 Å². The highest BCUT2D eigenvalue weighted by atomic mass is 35.5. The van der Waals surface area contributed by atoms with E-state index in [1.54, 1.807) is 18.5 Å². The first-order valence-electron chi connectivity index (χ1n) is 5.00. The zero-order valence-corrected chi connectivity index (χ0v) is 10.2. The van der Waals surface area contributed by atoms with Crippen molar-refractivity contribution in [2.75, 3.05) is 6.61 Å². The summed E-state index contributed by atoms with van der Waals surface area (Å²) in [6, 6.07) is 1.70. The van der Waals surface area contributed by atoms with Crippen LogP contribution in [0.4, 0.5) is 0 Å². The molecule has 4 nitrogen and oxygen atoms in total. The van der Waals surface area contributed by atoms with Crippen molar-refractivity contribution in [1.29, 1.82) is 5.41 Å². The molecule has 16 heavy (non-hydrogen) atoms. The van der Waals surface area contributed by atoms with Crippen molar-refractivity contribution in [2.45, 2.75) is 20.3 Å². The number of nitrogens with one attached hydrogen (secondary N) is 1. The molecule has 0 aliphatic heterocycles. The van der Waals surface area contributed by atoms with Crippen molar-refractivity contribution in [1.82, 2.24) is 4.98 Å². The van der Waals surface area contributed by atoms with E-state index in [2.05, 4.69) is 4.98 Å². The Bertz CT molecular complexity index is 379. The van der Waals surface area contributed by atoms with E-state index in [0.29, 0.717) is 23.8 Å². The van der Waals surface area contributed by atoms with Gasteiger partial charge in [-0.3, -0.25) is 10.4 Å². The maximum absolute atomic E-state index is 7.40. The Labute approximate surface area is 100 Å². The minimum Gasteiger partial charge on any atom is -0.492 e. The lowest BCUT2D eigenvalue weighted by atomic mass is 9.88. The number of hydrogen-bond acceptors (Lipinski definition) is 3. The summed E-state index contributed by atoms with van der Waals surface area (Å²) in [4.78, 5) is 3.91. The second-order valence-corrected chi connectivity index (χ2v) is 4.67. The van der Waals surface area contributed by atoms with Crippen LogP contribution in [0.5, 0.6) is 5.75 Å². The number of nitrogens with two attached hydrogens (primary N) is 1. The van der Waals surface area contributed by atoms with Gasteiger partial charge in [-0.05, 0) is 6.42 Å². The molecule has 0 spiro atoms. The first kappa shape index (κ1) is 12.8. The predicted molar refractivity (Wildman–Crippen MR) is 65.1 cm³/mol. The molecule has 0 unspecified atom stereocenters. The van der Waals surface area contributed by atoms with E-state index >= 15 is 0 Å². The molecule has 0 radical (unpaired) electrons. The van der Waals surface area contributed by atoms with Crippen LogP contribution in [-0.2, 0) is 0 Å². The number of hydrogen-bond donors (Lipinski definition) is 2. The molecule has 1 heterocycles. The van der Waals surface area contributed by atoms with Crippen LogP contribution in [0.15, 0.2) is 18.5 Å². The lowest BCUT2D eigenvalue weighted by molar-refractivity contribution is 0.268. The fourth-order valence-electron chi connectivity index (χ4n) is 1.03. The first-order valence-corrected chi connectivity index (χ1v) is 5.37. The van der Waals surface area contributed by atoms with Crippen molar-refractivity contribution >= 4 is 17.4 Å². The quantitative estimate of drug-likeness (QED) is 0.615. The van der Waals surface area contributed by atoms with Gasteiger partial charge in [0, 0.05) is 17.7 Å². The Kier molecular flexibility index (Phi) is 4.12. The third kappa shape index (κ3) is 3.70. The molecule has 5 heteroatoms. The summed E-state index contributed by atoms with van der Waals surface area (Å²) in [6.07, 6.45) is 3.83. The zero-order valence-electron chi connectivity index (χ0n) is 9.46. The van der Waals surface area contributed by atoms with E-state index in [0.717, 1.165) is 0 Å². The van der Waals surface area contributed by atoms with Gasteiger partial charge < -0.3 is 10.5 Å². The van der Waals surface area contributed by atoms with Gasteiger partial charge in [-0.15, -0.1) is 0 Å². The van der Waals surface area contributed by atoms with Crippen molar-refractivity contribution in [3.05, 3.63) is 23.5 Å². The second kappa shape index (κ2) is 5.16. The number of halogens is 1. The van der Waals surface area contributed by atoms with Gasteiger partial charge in [0.15, 0.2) is 0 Å². The highest BCUT2D eigenvalue weighted by Gasteiger charge is 2.21. The van der Waals surface area contributed by atoms with Crippen LogP contribution in [0, 0.1) is 10.8 Å². The first-order chi connectivity index (χ1) is 7.42. The summed E-state index contributed by atoms with van der Waals surface area (Å²) in [7, 11) is 0. The van der Waals surface area contributed by atoms with Gasteiger partial charge >= 0.3 is 0 Å². The molecule has 0 aliphatic rings. The fraction of sp³-hybridized carbons (Fsp3) is 0.455. The normalized spacial score (nSPS) is 11.2. The molecule has 0 amide bonds. The summed E-state index contributed by atoms with van der Waals surface area (Å²) in [5.74, 6) is 0.798. The molecule has 0 fully saturated rings. The molecule has 88 valence electrons. The lowest BCUT2D eigenvalue weighted by Gasteiger charge is -2.22. The average Bonchev–Trinajstić information content (AvgIpc) is 2.17. The summed E-state index contributed by atoms with van der Waals surface area (Å²) < 4.78 is 5.47. The summed E-state index contributed by atoms with van der Waals surface area (Å²) >= 11 is 5.77. The average molecular weight is 242 g/mol. The van der Waals surface area contributed by atoms with Gasteiger partial charge in [0.2, 0.25) is 0 Å². The van der Waals surface area contributed by atoms with E-state index in [1.807, 2.05) is 13.8 Å². The van der Waals surface area contributed by atoms with Crippen LogP contribution in [0.3, 0.4) is 0 Å². The summed E-state index contributed by atoms with van der Waals surface area (Å²) in [5, 5.41) is 7.95. The number of rotatable bonds is 5. The second-order valence-electron chi connectivity index (χ2n) is 4.23. The Morgan fingerprint density at radius 3 is 2.81 bits per heavy atom. The zero-order chi connectivity index (χ0) is 12.2. The highest BCUT2D eigenvalue weighted by molar-refractivity contribution is 6.30. The largest absolute Gasteiger partial charge is 0.492 e. The van der Waals surface area contributed by atoms with Crippen molar-refractivity contribution in [2.24, 2.45) is 11.1 Å². The summed E-state index contributed by atoms with van der Waals surface area (Å²) in [5.41, 5.74) is 5.13. The van der Waals surface area contributed by atoms with Crippen LogP contribution in [0.25, 0.3) is 0 Å². The molecule has 1 aromatic rings. The van der Waals surface area contributed by atoms with Crippen LogP contribution in [0.1, 0.15) is 20.3 Å². The molecular weight excluding hydrogens is 226 g/mol. The van der Waals surface area contributed by atoms with Crippen molar-refractivity contribution < 1.29 is 4.74 Å². The van der Waals surface area contributed by atoms with Gasteiger partial charge in [0.25, 0.3) is 0 Å². The molecule has 0 bridgehead atoms. The SMILES string of the molecule is CC(C)(CCOc1cncc(Cl)c1)C(=N)N. The van der Waals surface area contributed by atoms with Crippen molar-refractivity contribution in [3.8, 4) is 5.75 Å². The van der Waals surface area contributed by atoms with Crippen LogP contribution in [0.2, 0.25) is 5.02 Å². The molecule has 0 saturated carbocycles. The van der Waals surface area contributed by atoms with E-state index in [-0.39, 0.29) is 11.3 Å². The van der Waals surface area contributed by atoms with Gasteiger partial charge in [-0.25, -0.2) is 0 Å². The number of pyridine rings is 1. The monoisotopic (exact) mass is 241 g/mol. The lowest BCUT2D eigenvalue weighted by Crippen LogP contribution is -2.32. The van der Waals surface area contributed by atoms with Crippen LogP contribution in [-0.4, -0.2) is 17.4 Å². The number of ether oxygens (including phenoxy) is 1. The minimum atomic E-state index is -0.341. The molecule has 0 atom stereocenters. The van der Waals surface area contributed by atoms with Gasteiger partial charge in [-0.1, -0.05) is 25.4 Å². The maximum atomic E-state index is 7.40. The number of amidine groups is 1. The molecule has 1 aromatic heterocycles. The van der Waals surface area contributed by atoms with Crippen LogP contribution < -0.4 is 10.5 Å². The van der Waals surface area contributed by atoms with E-state index in [1.165, 1.54) is 0 Å². The van der Waals surface area contributed by atoms with E-state index in [9.17, 15) is 0 Å². The minimum absolute atomic E-state index is 0.167. The predicted octanol–water partition coefficient (Wildman–Crippen LogP) is 2.47. The Morgan fingerprint density at radius 2 is 2.25 bits per heavy atom. The highest BCUT2D eigenvalue weighted by Crippen LogP contribution is 2.21. The van der Waals surface area contributed by atoms with Crippen LogP contribution >= 0.6 is 11.6 Å².